The van der Waals surface area contributed by atoms with Crippen LogP contribution in [0.15, 0.2) is 48.7 Å². The number of carbonyl (C=O) groups is 1. The highest BCUT2D eigenvalue weighted by Gasteiger charge is 2.17. The van der Waals surface area contributed by atoms with Crippen LogP contribution in [-0.4, -0.2) is 40.1 Å². The highest BCUT2D eigenvalue weighted by atomic mass is 16.5. The average Bonchev–Trinajstić information content (AvgIpc) is 3.33. The van der Waals surface area contributed by atoms with Crippen molar-refractivity contribution in [1.29, 1.82) is 0 Å². The number of nitrogens with zero attached hydrogens (tertiary/aromatic N) is 3. The number of anilines is 1. The van der Waals surface area contributed by atoms with Crippen molar-refractivity contribution in [1.82, 2.24) is 20.0 Å². The molecule has 0 atom stereocenters. The number of methoxy groups -OCH3 is 2. The number of fused-ring (bicyclic) bond motifs is 1. The monoisotopic (exact) mass is 377 g/mol. The first-order valence-corrected chi connectivity index (χ1v) is 8.60. The molecular weight excluding hydrogens is 358 g/mol. The standard InChI is InChI=1S/C20H19N5O3/c1-25-18(20(26)22-13-5-4-12-11-21-23-16(12)8-13)10-17(24-25)15-9-14(27-2)6-7-19(15)28-3/h4-11H,1-3H3,(H,21,23)(H,22,26). The zero-order valence-corrected chi connectivity index (χ0v) is 15.7. The lowest BCUT2D eigenvalue weighted by atomic mass is 10.1. The minimum absolute atomic E-state index is 0.262. The highest BCUT2D eigenvalue weighted by molar-refractivity contribution is 6.04. The van der Waals surface area contributed by atoms with Gasteiger partial charge in [0.1, 0.15) is 17.2 Å². The molecule has 8 nitrogen and oxygen atoms in total. The average molecular weight is 377 g/mol. The third-order valence-electron chi connectivity index (χ3n) is 4.49. The maximum Gasteiger partial charge on any atom is 0.273 e. The van der Waals surface area contributed by atoms with Crippen molar-refractivity contribution in [2.75, 3.05) is 19.5 Å². The summed E-state index contributed by atoms with van der Waals surface area (Å²) in [6, 6.07) is 12.7. The Bertz CT molecular complexity index is 1160. The quantitative estimate of drug-likeness (QED) is 0.557. The van der Waals surface area contributed by atoms with E-state index in [1.165, 1.54) is 4.68 Å². The van der Waals surface area contributed by atoms with E-state index in [4.69, 9.17) is 9.47 Å². The van der Waals surface area contributed by atoms with E-state index in [-0.39, 0.29) is 5.91 Å². The largest absolute Gasteiger partial charge is 0.497 e. The molecule has 0 unspecified atom stereocenters. The normalized spacial score (nSPS) is 10.8. The third kappa shape index (κ3) is 3.16. The molecule has 8 heteroatoms. The van der Waals surface area contributed by atoms with Gasteiger partial charge < -0.3 is 14.8 Å². The number of aryl methyl sites for hydroxylation is 1. The van der Waals surface area contributed by atoms with Gasteiger partial charge in [-0.2, -0.15) is 10.2 Å². The molecule has 0 spiro atoms. The van der Waals surface area contributed by atoms with E-state index in [1.807, 2.05) is 36.4 Å². The van der Waals surface area contributed by atoms with E-state index in [0.717, 1.165) is 16.5 Å². The van der Waals surface area contributed by atoms with Crippen molar-refractivity contribution in [3.8, 4) is 22.8 Å². The smallest absolute Gasteiger partial charge is 0.273 e. The predicted octanol–water partition coefficient (Wildman–Crippen LogP) is 3.23. The molecule has 2 heterocycles. The second-order valence-corrected chi connectivity index (χ2v) is 6.23. The fraction of sp³-hybridized carbons (Fsp3) is 0.150. The second-order valence-electron chi connectivity index (χ2n) is 6.23. The van der Waals surface area contributed by atoms with Crippen LogP contribution >= 0.6 is 0 Å². The Morgan fingerprint density at radius 2 is 1.96 bits per heavy atom. The Labute approximate surface area is 161 Å². The fourth-order valence-corrected chi connectivity index (χ4v) is 3.04. The number of rotatable bonds is 5. The molecule has 0 fully saturated rings. The molecule has 0 bridgehead atoms. The molecule has 0 aliphatic carbocycles. The molecule has 4 aromatic rings. The first-order chi connectivity index (χ1) is 13.6. The topological polar surface area (TPSA) is 94.1 Å². The van der Waals surface area contributed by atoms with Crippen molar-refractivity contribution in [2.24, 2.45) is 7.05 Å². The highest BCUT2D eigenvalue weighted by Crippen LogP contribution is 2.33. The number of H-pyrrole nitrogens is 1. The number of hydrogen-bond donors (Lipinski definition) is 2. The number of benzene rings is 2. The van der Waals surface area contributed by atoms with Gasteiger partial charge in [-0.1, -0.05) is 0 Å². The maximum atomic E-state index is 12.8. The maximum absolute atomic E-state index is 12.8. The lowest BCUT2D eigenvalue weighted by Gasteiger charge is -2.08. The van der Waals surface area contributed by atoms with Crippen LogP contribution in [0.2, 0.25) is 0 Å². The number of aromatic nitrogens is 4. The van der Waals surface area contributed by atoms with Gasteiger partial charge in [0.2, 0.25) is 0 Å². The van der Waals surface area contributed by atoms with Gasteiger partial charge >= 0.3 is 0 Å². The fourth-order valence-electron chi connectivity index (χ4n) is 3.04. The second kappa shape index (κ2) is 7.07. The van der Waals surface area contributed by atoms with Crippen LogP contribution in [0, 0.1) is 0 Å². The van der Waals surface area contributed by atoms with Crippen molar-refractivity contribution in [3.05, 3.63) is 54.4 Å². The van der Waals surface area contributed by atoms with Crippen LogP contribution in [0.1, 0.15) is 10.5 Å². The number of amides is 1. The van der Waals surface area contributed by atoms with Gasteiger partial charge in [-0.25, -0.2) is 0 Å². The van der Waals surface area contributed by atoms with Gasteiger partial charge in [0, 0.05) is 23.7 Å². The molecule has 0 saturated carbocycles. The van der Waals surface area contributed by atoms with Crippen LogP contribution in [0.5, 0.6) is 11.5 Å². The molecule has 0 radical (unpaired) electrons. The van der Waals surface area contributed by atoms with Crippen molar-refractivity contribution < 1.29 is 14.3 Å². The summed E-state index contributed by atoms with van der Waals surface area (Å²) in [6.45, 7) is 0. The van der Waals surface area contributed by atoms with Crippen molar-refractivity contribution >= 4 is 22.5 Å². The summed E-state index contributed by atoms with van der Waals surface area (Å²) in [7, 11) is 4.91. The summed E-state index contributed by atoms with van der Waals surface area (Å²) in [5, 5.41) is 15.2. The summed E-state index contributed by atoms with van der Waals surface area (Å²) in [4.78, 5) is 12.8. The zero-order chi connectivity index (χ0) is 19.7. The number of nitrogens with one attached hydrogen (secondary N) is 2. The van der Waals surface area contributed by atoms with Gasteiger partial charge in [-0.15, -0.1) is 0 Å². The summed E-state index contributed by atoms with van der Waals surface area (Å²) in [6.07, 6.45) is 1.73. The molecule has 1 amide bonds. The van der Waals surface area contributed by atoms with Crippen LogP contribution in [0.4, 0.5) is 5.69 Å². The molecule has 0 aliphatic rings. The molecule has 0 saturated heterocycles. The first-order valence-electron chi connectivity index (χ1n) is 8.60. The Balaban J connectivity index is 1.64. The molecule has 2 aromatic carbocycles. The van der Waals surface area contributed by atoms with Crippen LogP contribution in [-0.2, 0) is 7.05 Å². The zero-order valence-electron chi connectivity index (χ0n) is 15.7. The molecular formula is C20H19N5O3. The van der Waals surface area contributed by atoms with Crippen LogP contribution < -0.4 is 14.8 Å². The molecule has 142 valence electrons. The molecule has 4 rings (SSSR count). The number of hydrogen-bond acceptors (Lipinski definition) is 5. The Hall–Kier alpha value is -3.81. The Morgan fingerprint density at radius 3 is 2.75 bits per heavy atom. The van der Waals surface area contributed by atoms with E-state index in [2.05, 4.69) is 20.6 Å². The number of carbonyl (C=O) groups excluding carboxylic acids is 1. The van der Waals surface area contributed by atoms with Gasteiger partial charge in [-0.3, -0.25) is 14.6 Å². The van der Waals surface area contributed by atoms with Crippen molar-refractivity contribution in [3.63, 3.8) is 0 Å². The van der Waals surface area contributed by atoms with E-state index in [1.54, 1.807) is 33.5 Å². The first kappa shape index (κ1) is 17.6. The number of aromatic amines is 1. The SMILES string of the molecule is COc1ccc(OC)c(-c2cc(C(=O)Nc3ccc4cn[nH]c4c3)n(C)n2)c1. The summed E-state index contributed by atoms with van der Waals surface area (Å²) in [5.41, 5.74) is 3.31. The van der Waals surface area contributed by atoms with E-state index in [9.17, 15) is 4.79 Å². The lowest BCUT2D eigenvalue weighted by Crippen LogP contribution is -2.15. The van der Waals surface area contributed by atoms with Crippen LogP contribution in [0.3, 0.4) is 0 Å². The van der Waals surface area contributed by atoms with Crippen LogP contribution in [0.25, 0.3) is 22.2 Å². The molecule has 2 aromatic heterocycles. The van der Waals surface area contributed by atoms with E-state index in [0.29, 0.717) is 28.6 Å². The lowest BCUT2D eigenvalue weighted by molar-refractivity contribution is 0.101. The molecule has 0 aliphatic heterocycles. The summed E-state index contributed by atoms with van der Waals surface area (Å²) < 4.78 is 12.3. The summed E-state index contributed by atoms with van der Waals surface area (Å²) >= 11 is 0. The molecule has 28 heavy (non-hydrogen) atoms. The Kier molecular flexibility index (Phi) is 4.44. The number of ether oxygens (including phenoxy) is 2. The Morgan fingerprint density at radius 1 is 1.11 bits per heavy atom. The third-order valence-corrected chi connectivity index (χ3v) is 4.49. The minimum Gasteiger partial charge on any atom is -0.497 e. The van der Waals surface area contributed by atoms with E-state index >= 15 is 0 Å². The predicted molar refractivity (Wildman–Crippen MR) is 106 cm³/mol. The van der Waals surface area contributed by atoms with Crippen molar-refractivity contribution in [2.45, 2.75) is 0 Å². The van der Waals surface area contributed by atoms with Gasteiger partial charge in [0.05, 0.1) is 31.6 Å². The minimum atomic E-state index is -0.262. The molecule has 2 N–H and O–H groups in total. The van der Waals surface area contributed by atoms with Gasteiger partial charge in [-0.05, 0) is 42.5 Å². The van der Waals surface area contributed by atoms with E-state index < -0.39 is 0 Å². The van der Waals surface area contributed by atoms with Gasteiger partial charge in [0.15, 0.2) is 0 Å². The summed E-state index contributed by atoms with van der Waals surface area (Å²) in [5.74, 6) is 1.07. The van der Waals surface area contributed by atoms with Gasteiger partial charge in [0.25, 0.3) is 5.91 Å².